The molecule has 1 rings (SSSR count). The van der Waals surface area contributed by atoms with Crippen LogP contribution in [0.1, 0.15) is 51.6 Å². The van der Waals surface area contributed by atoms with Gasteiger partial charge in [-0.1, -0.05) is 37.8 Å². The first kappa shape index (κ1) is 14.7. The number of halogens is 1. The molecule has 2 heteroatoms. The van der Waals surface area contributed by atoms with Gasteiger partial charge in [0.15, 0.2) is 0 Å². The molecule has 0 aliphatic rings. The molecule has 98 valence electrons. The Kier molecular flexibility index (Phi) is 5.37. The van der Waals surface area contributed by atoms with Crippen LogP contribution >= 0.6 is 0 Å². The summed E-state index contributed by atoms with van der Waals surface area (Å²) >= 11 is 0. The van der Waals surface area contributed by atoms with Gasteiger partial charge in [-0.3, -0.25) is 5.32 Å². The van der Waals surface area contributed by atoms with Crippen LogP contribution in [0.25, 0.3) is 0 Å². The topological polar surface area (TPSA) is 12.0 Å². The van der Waals surface area contributed by atoms with Crippen LogP contribution in [-0.4, -0.2) is 5.54 Å². The average Bonchev–Trinajstić information content (AvgIpc) is 2.35. The third kappa shape index (κ3) is 4.50. The molecule has 0 aromatic heterocycles. The molecule has 0 amide bonds. The van der Waals surface area contributed by atoms with E-state index in [9.17, 15) is 4.39 Å². The fourth-order valence-electron chi connectivity index (χ4n) is 1.90. The second-order valence-electron chi connectivity index (χ2n) is 5.16. The number of hydrogen-bond donors (Lipinski definition) is 1. The minimum absolute atomic E-state index is 0.177. The molecule has 1 aromatic carbocycles. The Bertz CT molecular complexity index is 400. The van der Waals surface area contributed by atoms with Crippen molar-refractivity contribution in [2.24, 2.45) is 0 Å². The SMILES string of the molecule is C#CC(C)(C)NC(CCCC)c1ccc(F)cc1. The highest BCUT2D eigenvalue weighted by Gasteiger charge is 2.20. The highest BCUT2D eigenvalue weighted by molar-refractivity contribution is 5.22. The standard InChI is InChI=1S/C16H22FN/c1-5-7-8-15(18-16(3,4)6-2)13-9-11-14(17)12-10-13/h2,9-12,15,18H,5,7-8H2,1,3-4H3. The maximum atomic E-state index is 13.0. The highest BCUT2D eigenvalue weighted by atomic mass is 19.1. The van der Waals surface area contributed by atoms with E-state index in [1.54, 1.807) is 0 Å². The molecule has 0 spiro atoms. The van der Waals surface area contributed by atoms with Crippen LogP contribution in [0.3, 0.4) is 0 Å². The summed E-state index contributed by atoms with van der Waals surface area (Å²) in [7, 11) is 0. The molecule has 18 heavy (non-hydrogen) atoms. The Morgan fingerprint density at radius 1 is 1.33 bits per heavy atom. The maximum absolute atomic E-state index is 13.0. The second-order valence-corrected chi connectivity index (χ2v) is 5.16. The van der Waals surface area contributed by atoms with E-state index in [4.69, 9.17) is 6.42 Å². The quantitative estimate of drug-likeness (QED) is 0.747. The first-order valence-corrected chi connectivity index (χ1v) is 6.49. The molecule has 1 aromatic rings. The van der Waals surface area contributed by atoms with Crippen molar-refractivity contribution in [3.63, 3.8) is 0 Å². The van der Waals surface area contributed by atoms with Gasteiger partial charge in [0.05, 0.1) is 5.54 Å². The van der Waals surface area contributed by atoms with Crippen LogP contribution in [0.15, 0.2) is 24.3 Å². The van der Waals surface area contributed by atoms with Crippen LogP contribution in [0, 0.1) is 18.2 Å². The molecule has 0 saturated heterocycles. The zero-order chi connectivity index (χ0) is 13.6. The van der Waals surface area contributed by atoms with Crippen LogP contribution in [-0.2, 0) is 0 Å². The first-order chi connectivity index (χ1) is 8.48. The van der Waals surface area contributed by atoms with Crippen LogP contribution in [0.2, 0.25) is 0 Å². The van der Waals surface area contributed by atoms with Crippen molar-refractivity contribution >= 4 is 0 Å². The summed E-state index contributed by atoms with van der Waals surface area (Å²) in [4.78, 5) is 0. The predicted molar refractivity (Wildman–Crippen MR) is 74.7 cm³/mol. The smallest absolute Gasteiger partial charge is 0.123 e. The van der Waals surface area contributed by atoms with Gasteiger partial charge in [-0.2, -0.15) is 0 Å². The Morgan fingerprint density at radius 3 is 2.44 bits per heavy atom. The molecule has 0 fully saturated rings. The van der Waals surface area contributed by atoms with Gasteiger partial charge in [-0.25, -0.2) is 4.39 Å². The lowest BCUT2D eigenvalue weighted by atomic mass is 9.97. The van der Waals surface area contributed by atoms with Crippen LogP contribution in [0.4, 0.5) is 4.39 Å². The molecule has 0 bridgehead atoms. The molecule has 0 heterocycles. The molecule has 1 unspecified atom stereocenters. The third-order valence-electron chi connectivity index (χ3n) is 3.01. The maximum Gasteiger partial charge on any atom is 0.123 e. The fraction of sp³-hybridized carbons (Fsp3) is 0.500. The minimum Gasteiger partial charge on any atom is -0.295 e. The fourth-order valence-corrected chi connectivity index (χ4v) is 1.90. The Hall–Kier alpha value is -1.33. The van der Waals surface area contributed by atoms with Crippen molar-refractivity contribution in [1.29, 1.82) is 0 Å². The monoisotopic (exact) mass is 247 g/mol. The average molecular weight is 247 g/mol. The summed E-state index contributed by atoms with van der Waals surface area (Å²) in [6, 6.07) is 6.83. The van der Waals surface area contributed by atoms with E-state index in [1.165, 1.54) is 12.1 Å². The van der Waals surface area contributed by atoms with Gasteiger partial charge in [0.1, 0.15) is 5.82 Å². The van der Waals surface area contributed by atoms with Gasteiger partial charge in [-0.05, 0) is 38.0 Å². The van der Waals surface area contributed by atoms with E-state index in [0.717, 1.165) is 24.8 Å². The second kappa shape index (κ2) is 6.56. The minimum atomic E-state index is -0.354. The largest absolute Gasteiger partial charge is 0.295 e. The van der Waals surface area contributed by atoms with Gasteiger partial charge in [0.2, 0.25) is 0 Å². The van der Waals surface area contributed by atoms with Gasteiger partial charge in [0, 0.05) is 6.04 Å². The van der Waals surface area contributed by atoms with E-state index >= 15 is 0 Å². The molecule has 1 nitrogen and oxygen atoms in total. The molecule has 0 radical (unpaired) electrons. The summed E-state index contributed by atoms with van der Waals surface area (Å²) in [5.41, 5.74) is 0.737. The van der Waals surface area contributed by atoms with Gasteiger partial charge in [-0.15, -0.1) is 6.42 Å². The van der Waals surface area contributed by atoms with Gasteiger partial charge >= 0.3 is 0 Å². The van der Waals surface area contributed by atoms with Crippen molar-refractivity contribution in [3.05, 3.63) is 35.6 Å². The number of terminal acetylenes is 1. The molecule has 0 saturated carbocycles. The number of nitrogens with one attached hydrogen (secondary N) is 1. The number of hydrogen-bond acceptors (Lipinski definition) is 1. The lowest BCUT2D eigenvalue weighted by Crippen LogP contribution is -2.40. The zero-order valence-electron chi connectivity index (χ0n) is 11.5. The number of benzene rings is 1. The first-order valence-electron chi connectivity index (χ1n) is 6.49. The molecule has 0 aliphatic carbocycles. The van der Waals surface area contributed by atoms with Crippen molar-refractivity contribution in [2.75, 3.05) is 0 Å². The highest BCUT2D eigenvalue weighted by Crippen LogP contribution is 2.22. The van der Waals surface area contributed by atoms with E-state index in [0.29, 0.717) is 0 Å². The van der Waals surface area contributed by atoms with E-state index in [1.807, 2.05) is 26.0 Å². The van der Waals surface area contributed by atoms with Crippen LogP contribution < -0.4 is 5.32 Å². The molecule has 1 atom stereocenters. The van der Waals surface area contributed by atoms with Gasteiger partial charge in [0.25, 0.3) is 0 Å². The van der Waals surface area contributed by atoms with Crippen LogP contribution in [0.5, 0.6) is 0 Å². The number of unbranched alkanes of at least 4 members (excludes halogenated alkanes) is 1. The predicted octanol–water partition coefficient (Wildman–Crippen LogP) is 4.06. The summed E-state index contributed by atoms with van der Waals surface area (Å²) in [5.74, 6) is 2.54. The zero-order valence-corrected chi connectivity index (χ0v) is 11.5. The molecule has 1 N–H and O–H groups in total. The van der Waals surface area contributed by atoms with E-state index in [-0.39, 0.29) is 17.4 Å². The Balaban J connectivity index is 2.84. The van der Waals surface area contributed by atoms with Crippen molar-refractivity contribution in [1.82, 2.24) is 5.32 Å². The van der Waals surface area contributed by atoms with E-state index in [2.05, 4.69) is 18.2 Å². The van der Waals surface area contributed by atoms with Gasteiger partial charge < -0.3 is 0 Å². The number of rotatable bonds is 6. The van der Waals surface area contributed by atoms with Crippen molar-refractivity contribution < 1.29 is 4.39 Å². The lowest BCUT2D eigenvalue weighted by molar-refractivity contribution is 0.386. The van der Waals surface area contributed by atoms with Crippen molar-refractivity contribution in [3.8, 4) is 12.3 Å². The summed E-state index contributed by atoms with van der Waals surface area (Å²) < 4.78 is 13.0. The summed E-state index contributed by atoms with van der Waals surface area (Å²) in [5, 5.41) is 3.46. The molecular weight excluding hydrogens is 225 g/mol. The Labute approximate surface area is 110 Å². The third-order valence-corrected chi connectivity index (χ3v) is 3.01. The molecule has 0 aliphatic heterocycles. The normalized spacial score (nSPS) is 13.1. The van der Waals surface area contributed by atoms with Crippen molar-refractivity contribution in [2.45, 2.75) is 51.6 Å². The Morgan fingerprint density at radius 2 is 1.94 bits per heavy atom. The molecular formula is C16H22FN. The lowest BCUT2D eigenvalue weighted by Gasteiger charge is -2.28. The summed E-state index contributed by atoms with van der Waals surface area (Å²) in [6.45, 7) is 6.12. The van der Waals surface area contributed by atoms with E-state index < -0.39 is 0 Å². The summed E-state index contributed by atoms with van der Waals surface area (Å²) in [6.07, 6.45) is 8.78.